The van der Waals surface area contributed by atoms with Crippen molar-refractivity contribution in [2.24, 2.45) is 16.5 Å². The summed E-state index contributed by atoms with van der Waals surface area (Å²) in [6, 6.07) is 0.621. The zero-order valence-corrected chi connectivity index (χ0v) is 10.7. The molecule has 6 heteroatoms. The van der Waals surface area contributed by atoms with Gasteiger partial charge in [0.15, 0.2) is 0 Å². The maximum absolute atomic E-state index is 5.83. The molecule has 0 saturated carbocycles. The van der Waals surface area contributed by atoms with Gasteiger partial charge in [-0.1, -0.05) is 5.47 Å². The first kappa shape index (κ1) is 13.6. The minimum Gasteiger partial charge on any atom is -0.405 e. The van der Waals surface area contributed by atoms with Crippen LogP contribution in [0, 0.1) is 0 Å². The summed E-state index contributed by atoms with van der Waals surface area (Å²) in [5.74, 6) is 0. The van der Waals surface area contributed by atoms with Crippen molar-refractivity contribution in [3.05, 3.63) is 11.7 Å². The number of nitrogens with two attached hydrogens (primary N) is 2. The van der Waals surface area contributed by atoms with Crippen molar-refractivity contribution in [1.82, 2.24) is 4.90 Å². The lowest BCUT2D eigenvalue weighted by molar-refractivity contribution is -0.0227. The summed E-state index contributed by atoms with van der Waals surface area (Å²) in [7, 11) is 5.61. The molecule has 5 nitrogen and oxygen atoms in total. The van der Waals surface area contributed by atoms with Crippen molar-refractivity contribution in [2.75, 3.05) is 32.8 Å². The Kier molecular flexibility index (Phi) is 4.42. The molecule has 0 aromatic carbocycles. The Balaban J connectivity index is 1.88. The van der Waals surface area contributed by atoms with Crippen molar-refractivity contribution < 1.29 is 4.74 Å². The number of aliphatic imine (C=N–C) groups is 1. The number of nitrogens with zero attached hydrogens (tertiary/aromatic N) is 2. The van der Waals surface area contributed by atoms with Crippen LogP contribution in [-0.2, 0) is 4.74 Å². The van der Waals surface area contributed by atoms with Gasteiger partial charge in [0.25, 0.3) is 0 Å². The molecule has 0 aromatic rings. The van der Waals surface area contributed by atoms with Crippen LogP contribution < -0.4 is 11.5 Å². The smallest absolute Gasteiger partial charge is 0.117 e. The number of hydrogen-bond acceptors (Lipinski definition) is 5. The second-order valence-corrected chi connectivity index (χ2v) is 5.10. The van der Waals surface area contributed by atoms with E-state index in [9.17, 15) is 0 Å². The third-order valence-corrected chi connectivity index (χ3v) is 3.76. The first-order chi connectivity index (χ1) is 8.69. The van der Waals surface area contributed by atoms with E-state index >= 15 is 0 Å². The SMILES string of the molecule is [B]C(C=NC1(CN)CN(C2CCOCC2)C1)=CN. The summed E-state index contributed by atoms with van der Waals surface area (Å²) in [6.45, 7) is 4.08. The molecule has 2 aliphatic heterocycles. The third-order valence-electron chi connectivity index (χ3n) is 3.76. The van der Waals surface area contributed by atoms with E-state index in [1.807, 2.05) is 0 Å². The molecular weight excluding hydrogens is 227 g/mol. The molecule has 0 aromatic heterocycles. The van der Waals surface area contributed by atoms with Gasteiger partial charge in [-0.3, -0.25) is 9.89 Å². The Labute approximate surface area is 110 Å². The van der Waals surface area contributed by atoms with Gasteiger partial charge in [-0.25, -0.2) is 0 Å². The molecule has 0 spiro atoms. The molecule has 0 atom stereocenters. The zero-order chi connectivity index (χ0) is 13.0. The van der Waals surface area contributed by atoms with Gasteiger partial charge in [-0.15, -0.1) is 0 Å². The van der Waals surface area contributed by atoms with Crippen molar-refractivity contribution in [3.63, 3.8) is 0 Å². The number of ether oxygens (including phenoxy) is 1. The summed E-state index contributed by atoms with van der Waals surface area (Å²) >= 11 is 0. The van der Waals surface area contributed by atoms with E-state index in [1.54, 1.807) is 6.21 Å². The molecule has 2 fully saturated rings. The monoisotopic (exact) mass is 248 g/mol. The molecule has 2 aliphatic rings. The number of hydrogen-bond donors (Lipinski definition) is 2. The van der Waals surface area contributed by atoms with Crippen LogP contribution in [0.1, 0.15) is 12.8 Å². The maximum atomic E-state index is 5.83. The molecule has 0 bridgehead atoms. The summed E-state index contributed by atoms with van der Waals surface area (Å²) in [6.07, 6.45) is 5.18. The average molecular weight is 248 g/mol. The Morgan fingerprint density at radius 2 is 2.11 bits per heavy atom. The van der Waals surface area contributed by atoms with Crippen LogP contribution in [0.5, 0.6) is 0 Å². The summed E-state index contributed by atoms with van der Waals surface area (Å²) < 4.78 is 5.37. The zero-order valence-electron chi connectivity index (χ0n) is 10.7. The highest BCUT2D eigenvalue weighted by molar-refractivity contribution is 6.32. The quantitative estimate of drug-likeness (QED) is 0.505. The standard InChI is InChI=1S/C12H21BN4O/c13-10(5-14)6-16-12(7-15)8-17(9-12)11-1-3-18-4-2-11/h5-6,11H,1-4,7-9,14-15H2. The Bertz CT molecular complexity index is 333. The fourth-order valence-corrected chi connectivity index (χ4v) is 2.54. The molecule has 0 amide bonds. The van der Waals surface area contributed by atoms with E-state index in [1.165, 1.54) is 6.20 Å². The Hall–Kier alpha value is -0.845. The van der Waals surface area contributed by atoms with Crippen LogP contribution in [0.3, 0.4) is 0 Å². The molecular formula is C12H21BN4O. The Morgan fingerprint density at radius 1 is 1.44 bits per heavy atom. The minimum atomic E-state index is -0.175. The first-order valence-corrected chi connectivity index (χ1v) is 6.43. The highest BCUT2D eigenvalue weighted by atomic mass is 16.5. The van der Waals surface area contributed by atoms with Crippen LogP contribution in [0.4, 0.5) is 0 Å². The Morgan fingerprint density at radius 3 is 2.67 bits per heavy atom. The second kappa shape index (κ2) is 5.86. The van der Waals surface area contributed by atoms with E-state index in [-0.39, 0.29) is 5.54 Å². The molecule has 4 N–H and O–H groups in total. The molecule has 98 valence electrons. The van der Waals surface area contributed by atoms with Gasteiger partial charge in [0.05, 0.1) is 5.54 Å². The number of allylic oxidation sites excluding steroid dienone is 1. The number of likely N-dealkylation sites (tertiary alicyclic amines) is 1. The third kappa shape index (κ3) is 2.94. The average Bonchev–Trinajstić information content (AvgIpc) is 2.38. The van der Waals surface area contributed by atoms with Gasteiger partial charge in [-0.05, 0) is 19.0 Å². The van der Waals surface area contributed by atoms with Gasteiger partial charge >= 0.3 is 0 Å². The van der Waals surface area contributed by atoms with E-state index in [0.29, 0.717) is 18.1 Å². The van der Waals surface area contributed by atoms with Crippen LogP contribution in [0.2, 0.25) is 0 Å². The van der Waals surface area contributed by atoms with E-state index < -0.39 is 0 Å². The largest absolute Gasteiger partial charge is 0.405 e. The van der Waals surface area contributed by atoms with Gasteiger partial charge in [0.2, 0.25) is 0 Å². The lowest BCUT2D eigenvalue weighted by atomic mass is 9.87. The van der Waals surface area contributed by atoms with Gasteiger partial charge in [-0.2, -0.15) is 0 Å². The lowest BCUT2D eigenvalue weighted by Gasteiger charge is -2.51. The van der Waals surface area contributed by atoms with Crippen LogP contribution >= 0.6 is 0 Å². The molecule has 18 heavy (non-hydrogen) atoms. The first-order valence-electron chi connectivity index (χ1n) is 6.43. The fraction of sp³-hybridized carbons (Fsp3) is 0.750. The van der Waals surface area contributed by atoms with Crippen molar-refractivity contribution in [2.45, 2.75) is 24.4 Å². The number of rotatable bonds is 4. The van der Waals surface area contributed by atoms with E-state index in [4.69, 9.17) is 24.1 Å². The minimum absolute atomic E-state index is 0.175. The summed E-state index contributed by atoms with van der Waals surface area (Å²) in [4.78, 5) is 6.94. The molecule has 0 aliphatic carbocycles. The summed E-state index contributed by atoms with van der Waals surface area (Å²) in [5, 5.41) is 0. The summed E-state index contributed by atoms with van der Waals surface area (Å²) in [5.41, 5.74) is 11.4. The lowest BCUT2D eigenvalue weighted by Crippen LogP contribution is -2.67. The maximum Gasteiger partial charge on any atom is 0.117 e. The highest BCUT2D eigenvalue weighted by Gasteiger charge is 2.44. The molecule has 2 saturated heterocycles. The van der Waals surface area contributed by atoms with Gasteiger partial charge in [0.1, 0.15) is 7.85 Å². The van der Waals surface area contributed by atoms with Crippen molar-refractivity contribution >= 4 is 14.1 Å². The fourth-order valence-electron chi connectivity index (χ4n) is 2.54. The van der Waals surface area contributed by atoms with Crippen molar-refractivity contribution in [1.29, 1.82) is 0 Å². The predicted molar refractivity (Wildman–Crippen MR) is 73.7 cm³/mol. The van der Waals surface area contributed by atoms with Crippen LogP contribution in [-0.4, -0.2) is 63.4 Å². The van der Waals surface area contributed by atoms with Gasteiger partial charge in [0, 0.05) is 45.1 Å². The predicted octanol–water partition coefficient (Wildman–Crippen LogP) is -0.782. The molecule has 2 radical (unpaired) electrons. The van der Waals surface area contributed by atoms with Gasteiger partial charge < -0.3 is 16.2 Å². The highest BCUT2D eigenvalue weighted by Crippen LogP contribution is 2.29. The van der Waals surface area contributed by atoms with E-state index in [2.05, 4.69) is 9.89 Å². The van der Waals surface area contributed by atoms with E-state index in [0.717, 1.165) is 39.1 Å². The second-order valence-electron chi connectivity index (χ2n) is 5.10. The normalized spacial score (nSPS) is 26.4. The van der Waals surface area contributed by atoms with Crippen LogP contribution in [0.25, 0.3) is 0 Å². The molecule has 0 unspecified atom stereocenters. The molecule has 2 rings (SSSR count). The van der Waals surface area contributed by atoms with Crippen molar-refractivity contribution in [3.8, 4) is 0 Å². The van der Waals surface area contributed by atoms with Crippen LogP contribution in [0.15, 0.2) is 16.7 Å². The topological polar surface area (TPSA) is 76.9 Å². The molecule has 2 heterocycles.